The number of aliphatic hydroxyl groups excluding tert-OH is 1. The smallest absolute Gasteiger partial charge is 0.123 e. The molecule has 4 heteroatoms. The van der Waals surface area contributed by atoms with Gasteiger partial charge in [-0.25, -0.2) is 0 Å². The molecular formula is C23H36N2O2. The molecule has 0 spiro atoms. The molecule has 27 heavy (non-hydrogen) atoms. The molecule has 1 aliphatic carbocycles. The van der Waals surface area contributed by atoms with Gasteiger partial charge in [-0.05, 0) is 26.0 Å². The highest BCUT2D eigenvalue weighted by Gasteiger charge is 2.20. The summed E-state index contributed by atoms with van der Waals surface area (Å²) in [7, 11) is 2.12. The fourth-order valence-corrected chi connectivity index (χ4v) is 3.83. The number of ether oxygens (including phenoxy) is 1. The zero-order valence-electron chi connectivity index (χ0n) is 16.9. The first kappa shape index (κ1) is 21.7. The van der Waals surface area contributed by atoms with Crippen molar-refractivity contribution < 1.29 is 9.84 Å². The van der Waals surface area contributed by atoms with Crippen LogP contribution in [0.4, 0.5) is 0 Å². The van der Waals surface area contributed by atoms with E-state index in [9.17, 15) is 5.11 Å². The Morgan fingerprint density at radius 1 is 1.15 bits per heavy atom. The van der Waals surface area contributed by atoms with Gasteiger partial charge in [0.2, 0.25) is 0 Å². The molecule has 1 aliphatic rings. The Labute approximate surface area is 165 Å². The number of likely N-dealkylation sites (N-methyl/N-ethyl adjacent to an activating group) is 1. The van der Waals surface area contributed by atoms with Crippen molar-refractivity contribution in [2.75, 3.05) is 33.3 Å². The molecule has 0 aromatic heterocycles. The molecule has 2 rings (SSSR count). The first-order valence-corrected chi connectivity index (χ1v) is 10.2. The van der Waals surface area contributed by atoms with Crippen molar-refractivity contribution in [3.63, 3.8) is 0 Å². The van der Waals surface area contributed by atoms with E-state index in [1.54, 1.807) is 0 Å². The second-order valence-corrected chi connectivity index (χ2v) is 7.58. The first-order chi connectivity index (χ1) is 13.1. The van der Waals surface area contributed by atoms with E-state index in [1.165, 1.54) is 32.1 Å². The SMILES string of the molecule is C=CCN(CC=C)Cc1ccccc1OCC(O)CN(C)C1CCCCC1. The number of hydrogen-bond acceptors (Lipinski definition) is 4. The van der Waals surface area contributed by atoms with E-state index in [1.807, 2.05) is 30.4 Å². The Morgan fingerprint density at radius 2 is 1.81 bits per heavy atom. The fraction of sp³-hybridized carbons (Fsp3) is 0.565. The highest BCUT2D eigenvalue weighted by molar-refractivity contribution is 5.33. The lowest BCUT2D eigenvalue weighted by Crippen LogP contribution is -2.40. The molecule has 1 saturated carbocycles. The minimum Gasteiger partial charge on any atom is -0.491 e. The third kappa shape index (κ3) is 7.49. The van der Waals surface area contributed by atoms with Crippen molar-refractivity contribution in [1.82, 2.24) is 9.80 Å². The number of aliphatic hydroxyl groups is 1. The van der Waals surface area contributed by atoms with Crippen LogP contribution in [-0.4, -0.2) is 60.3 Å². The van der Waals surface area contributed by atoms with Gasteiger partial charge in [-0.15, -0.1) is 13.2 Å². The van der Waals surface area contributed by atoms with Crippen LogP contribution >= 0.6 is 0 Å². The van der Waals surface area contributed by atoms with Crippen molar-refractivity contribution >= 4 is 0 Å². The van der Waals surface area contributed by atoms with Crippen LogP contribution in [0.3, 0.4) is 0 Å². The summed E-state index contributed by atoms with van der Waals surface area (Å²) in [5, 5.41) is 10.4. The third-order valence-corrected chi connectivity index (χ3v) is 5.27. The molecule has 0 radical (unpaired) electrons. The minimum atomic E-state index is -0.484. The van der Waals surface area contributed by atoms with Crippen LogP contribution in [0.5, 0.6) is 5.75 Å². The van der Waals surface area contributed by atoms with Crippen LogP contribution < -0.4 is 4.74 Å². The summed E-state index contributed by atoms with van der Waals surface area (Å²) >= 11 is 0. The zero-order valence-corrected chi connectivity index (χ0v) is 16.9. The summed E-state index contributed by atoms with van der Waals surface area (Å²) in [6, 6.07) is 8.66. The molecule has 1 aromatic carbocycles. The average molecular weight is 373 g/mol. The van der Waals surface area contributed by atoms with Gasteiger partial charge in [0.15, 0.2) is 0 Å². The van der Waals surface area contributed by atoms with Gasteiger partial charge in [0, 0.05) is 37.8 Å². The Kier molecular flexibility index (Phi) is 9.60. The topological polar surface area (TPSA) is 35.9 Å². The molecule has 0 amide bonds. The van der Waals surface area contributed by atoms with Crippen LogP contribution in [0, 0.1) is 0 Å². The van der Waals surface area contributed by atoms with E-state index in [2.05, 4.69) is 36.1 Å². The number of rotatable bonds is 12. The maximum Gasteiger partial charge on any atom is 0.123 e. The monoisotopic (exact) mass is 372 g/mol. The summed E-state index contributed by atoms with van der Waals surface area (Å²) in [6.45, 7) is 11.0. The Bertz CT molecular complexity index is 559. The summed E-state index contributed by atoms with van der Waals surface area (Å²) in [5.74, 6) is 0.843. The summed E-state index contributed by atoms with van der Waals surface area (Å²) in [5.41, 5.74) is 1.12. The van der Waals surface area contributed by atoms with E-state index in [4.69, 9.17) is 4.74 Å². The number of para-hydroxylation sites is 1. The molecule has 0 heterocycles. The fourth-order valence-electron chi connectivity index (χ4n) is 3.83. The molecular weight excluding hydrogens is 336 g/mol. The maximum atomic E-state index is 10.4. The van der Waals surface area contributed by atoms with Crippen molar-refractivity contribution in [3.8, 4) is 5.75 Å². The largest absolute Gasteiger partial charge is 0.491 e. The maximum absolute atomic E-state index is 10.4. The van der Waals surface area contributed by atoms with Crippen molar-refractivity contribution in [2.45, 2.75) is 50.8 Å². The molecule has 1 atom stereocenters. The van der Waals surface area contributed by atoms with E-state index < -0.39 is 6.10 Å². The van der Waals surface area contributed by atoms with Crippen LogP contribution in [0.2, 0.25) is 0 Å². The molecule has 1 N–H and O–H groups in total. The van der Waals surface area contributed by atoms with Crippen LogP contribution in [0.15, 0.2) is 49.6 Å². The van der Waals surface area contributed by atoms with Gasteiger partial charge in [0.25, 0.3) is 0 Å². The minimum absolute atomic E-state index is 0.316. The zero-order chi connectivity index (χ0) is 19.5. The lowest BCUT2D eigenvalue weighted by atomic mass is 9.94. The Morgan fingerprint density at radius 3 is 2.48 bits per heavy atom. The highest BCUT2D eigenvalue weighted by atomic mass is 16.5. The van der Waals surface area contributed by atoms with E-state index >= 15 is 0 Å². The van der Waals surface area contributed by atoms with Crippen LogP contribution in [0.25, 0.3) is 0 Å². The standard InChI is InChI=1S/C23H36N2O2/c1-4-15-25(16-5-2)17-20-11-9-10-14-23(20)27-19-22(26)18-24(3)21-12-7-6-8-13-21/h4-5,9-11,14,21-22,26H,1-2,6-8,12-13,15-19H2,3H3. The van der Waals surface area contributed by atoms with Crippen LogP contribution in [-0.2, 0) is 6.54 Å². The van der Waals surface area contributed by atoms with Gasteiger partial charge in [0.1, 0.15) is 18.5 Å². The quantitative estimate of drug-likeness (QED) is 0.565. The molecule has 1 aromatic rings. The van der Waals surface area contributed by atoms with Gasteiger partial charge in [-0.1, -0.05) is 49.6 Å². The molecule has 0 bridgehead atoms. The van der Waals surface area contributed by atoms with Gasteiger partial charge in [-0.2, -0.15) is 0 Å². The second-order valence-electron chi connectivity index (χ2n) is 7.58. The van der Waals surface area contributed by atoms with E-state index in [0.717, 1.165) is 30.9 Å². The van der Waals surface area contributed by atoms with Gasteiger partial charge >= 0.3 is 0 Å². The molecule has 1 unspecified atom stereocenters. The predicted octanol–water partition coefficient (Wildman–Crippen LogP) is 3.86. The number of nitrogens with zero attached hydrogens (tertiary/aromatic N) is 2. The number of hydrogen-bond donors (Lipinski definition) is 1. The third-order valence-electron chi connectivity index (χ3n) is 5.27. The van der Waals surface area contributed by atoms with Gasteiger partial charge in [0.05, 0.1) is 0 Å². The average Bonchev–Trinajstić information content (AvgIpc) is 2.68. The van der Waals surface area contributed by atoms with Gasteiger partial charge < -0.3 is 14.7 Å². The molecule has 0 saturated heterocycles. The summed E-state index contributed by atoms with van der Waals surface area (Å²) < 4.78 is 5.99. The van der Waals surface area contributed by atoms with E-state index in [0.29, 0.717) is 19.2 Å². The van der Waals surface area contributed by atoms with Crippen molar-refractivity contribution in [1.29, 1.82) is 0 Å². The molecule has 1 fully saturated rings. The lowest BCUT2D eigenvalue weighted by Gasteiger charge is -2.32. The van der Waals surface area contributed by atoms with Gasteiger partial charge in [-0.3, -0.25) is 4.90 Å². The lowest BCUT2D eigenvalue weighted by molar-refractivity contribution is 0.0557. The summed E-state index contributed by atoms with van der Waals surface area (Å²) in [4.78, 5) is 4.55. The first-order valence-electron chi connectivity index (χ1n) is 10.2. The molecule has 4 nitrogen and oxygen atoms in total. The summed E-state index contributed by atoms with van der Waals surface area (Å²) in [6.07, 6.45) is 9.77. The Balaban J connectivity index is 1.87. The normalized spacial score (nSPS) is 16.4. The molecule has 0 aliphatic heterocycles. The van der Waals surface area contributed by atoms with Crippen molar-refractivity contribution in [2.24, 2.45) is 0 Å². The highest BCUT2D eigenvalue weighted by Crippen LogP contribution is 2.22. The number of benzene rings is 1. The predicted molar refractivity (Wildman–Crippen MR) is 113 cm³/mol. The van der Waals surface area contributed by atoms with E-state index in [-0.39, 0.29) is 0 Å². The second kappa shape index (κ2) is 12.0. The van der Waals surface area contributed by atoms with Crippen LogP contribution in [0.1, 0.15) is 37.7 Å². The van der Waals surface area contributed by atoms with Crippen molar-refractivity contribution in [3.05, 3.63) is 55.1 Å². The Hall–Kier alpha value is -1.62. The molecule has 150 valence electrons.